The maximum atomic E-state index is 11.3. The Bertz CT molecular complexity index is 630. The number of rotatable bonds is 3. The van der Waals surface area contributed by atoms with E-state index in [1.807, 2.05) is 30.0 Å². The van der Waals surface area contributed by atoms with Crippen LogP contribution in [0.1, 0.15) is 17.2 Å². The van der Waals surface area contributed by atoms with Crippen molar-refractivity contribution in [3.8, 4) is 0 Å². The number of amides is 1. The van der Waals surface area contributed by atoms with Crippen molar-refractivity contribution in [3.05, 3.63) is 60.2 Å². The highest BCUT2D eigenvalue weighted by molar-refractivity contribution is 7.99. The molecule has 2 aromatic rings. The third-order valence-electron chi connectivity index (χ3n) is 3.65. The first-order valence-corrected chi connectivity index (χ1v) is 7.96. The molecule has 3 rings (SSSR count). The minimum absolute atomic E-state index is 0.277. The second-order valence-electron chi connectivity index (χ2n) is 5.16. The van der Waals surface area contributed by atoms with Crippen molar-refractivity contribution in [2.45, 2.75) is 16.6 Å². The molecular weight excluding hydrogens is 280 g/mol. The van der Waals surface area contributed by atoms with E-state index in [1.165, 1.54) is 10.5 Å². The summed E-state index contributed by atoms with van der Waals surface area (Å²) in [6.07, 6.45) is 0.997. The molecule has 0 aromatic heterocycles. The molecule has 2 aromatic carbocycles. The fourth-order valence-electron chi connectivity index (χ4n) is 2.68. The molecule has 0 fully saturated rings. The lowest BCUT2D eigenvalue weighted by atomic mass is 10.1. The number of anilines is 1. The molecule has 1 aliphatic heterocycles. The van der Waals surface area contributed by atoms with Gasteiger partial charge in [0.15, 0.2) is 0 Å². The molecule has 1 amide bonds. The molecule has 0 bridgehead atoms. The predicted octanol–water partition coefficient (Wildman–Crippen LogP) is 3.22. The highest BCUT2D eigenvalue weighted by atomic mass is 32.2. The number of para-hydroxylation sites is 1. The van der Waals surface area contributed by atoms with Crippen molar-refractivity contribution in [3.63, 3.8) is 0 Å². The van der Waals surface area contributed by atoms with Crippen LogP contribution in [0.15, 0.2) is 59.5 Å². The van der Waals surface area contributed by atoms with E-state index in [-0.39, 0.29) is 12.5 Å². The van der Waals surface area contributed by atoms with Crippen LogP contribution in [-0.2, 0) is 4.79 Å². The van der Waals surface area contributed by atoms with E-state index in [4.69, 9.17) is 5.73 Å². The van der Waals surface area contributed by atoms with Crippen molar-refractivity contribution in [2.24, 2.45) is 5.73 Å². The van der Waals surface area contributed by atoms with Crippen LogP contribution < -0.4 is 10.6 Å². The zero-order valence-electron chi connectivity index (χ0n) is 11.7. The van der Waals surface area contributed by atoms with Crippen LogP contribution in [0.4, 0.5) is 5.69 Å². The van der Waals surface area contributed by atoms with Crippen LogP contribution in [0.5, 0.6) is 0 Å². The van der Waals surface area contributed by atoms with Crippen LogP contribution in [-0.4, -0.2) is 19.0 Å². The number of benzene rings is 2. The van der Waals surface area contributed by atoms with Crippen molar-refractivity contribution in [1.29, 1.82) is 0 Å². The van der Waals surface area contributed by atoms with Crippen LogP contribution in [0.25, 0.3) is 0 Å². The van der Waals surface area contributed by atoms with Crippen molar-refractivity contribution < 1.29 is 4.79 Å². The third kappa shape index (κ3) is 3.22. The number of hydrogen-bond donors (Lipinski definition) is 1. The highest BCUT2D eigenvalue weighted by Gasteiger charge is 2.23. The average molecular weight is 298 g/mol. The Morgan fingerprint density at radius 2 is 1.86 bits per heavy atom. The standard InChI is InChI=1S/C17H18N2OS/c18-17(20)12-19-11-10-15(13-6-2-1-3-7-13)21-16-9-5-4-8-14(16)19/h1-9,15H,10-12H2,(H2,18,20). The Hall–Kier alpha value is -1.94. The van der Waals surface area contributed by atoms with E-state index < -0.39 is 0 Å². The normalized spacial score (nSPS) is 17.9. The first kappa shape index (κ1) is 14.0. The molecule has 4 heteroatoms. The summed E-state index contributed by atoms with van der Waals surface area (Å²) in [6.45, 7) is 1.12. The molecule has 108 valence electrons. The molecule has 0 saturated carbocycles. The minimum Gasteiger partial charge on any atom is -0.368 e. The lowest BCUT2D eigenvalue weighted by molar-refractivity contribution is -0.116. The summed E-state index contributed by atoms with van der Waals surface area (Å²) in [5.41, 5.74) is 7.83. The summed E-state index contributed by atoms with van der Waals surface area (Å²) in [5.74, 6) is -0.284. The molecule has 1 unspecified atom stereocenters. The van der Waals surface area contributed by atoms with Crippen molar-refractivity contribution >= 4 is 23.4 Å². The largest absolute Gasteiger partial charge is 0.368 e. The summed E-state index contributed by atoms with van der Waals surface area (Å²) in [7, 11) is 0. The van der Waals surface area contributed by atoms with Crippen molar-refractivity contribution in [1.82, 2.24) is 0 Å². The number of thioether (sulfide) groups is 1. The fourth-order valence-corrected chi connectivity index (χ4v) is 3.98. The van der Waals surface area contributed by atoms with E-state index >= 15 is 0 Å². The van der Waals surface area contributed by atoms with Gasteiger partial charge in [0.2, 0.25) is 5.91 Å². The predicted molar refractivity (Wildman–Crippen MR) is 87.5 cm³/mol. The number of hydrogen-bond acceptors (Lipinski definition) is 3. The summed E-state index contributed by atoms with van der Waals surface area (Å²) < 4.78 is 0. The van der Waals surface area contributed by atoms with Gasteiger partial charge in [0, 0.05) is 16.7 Å². The Morgan fingerprint density at radius 1 is 1.14 bits per heavy atom. The molecule has 1 heterocycles. The quantitative estimate of drug-likeness (QED) is 0.946. The van der Waals surface area contributed by atoms with Gasteiger partial charge in [0.05, 0.1) is 12.2 Å². The zero-order valence-corrected chi connectivity index (χ0v) is 12.6. The average Bonchev–Trinajstić information content (AvgIpc) is 2.68. The molecule has 0 aliphatic carbocycles. The molecule has 21 heavy (non-hydrogen) atoms. The highest BCUT2D eigenvalue weighted by Crippen LogP contribution is 2.44. The van der Waals surface area contributed by atoms with Gasteiger partial charge in [-0.3, -0.25) is 4.79 Å². The fraction of sp³-hybridized carbons (Fsp3) is 0.235. The van der Waals surface area contributed by atoms with Gasteiger partial charge in [-0.1, -0.05) is 42.5 Å². The Morgan fingerprint density at radius 3 is 2.62 bits per heavy atom. The van der Waals surface area contributed by atoms with Crippen LogP contribution in [0.3, 0.4) is 0 Å². The van der Waals surface area contributed by atoms with E-state index in [9.17, 15) is 4.79 Å². The topological polar surface area (TPSA) is 46.3 Å². The number of fused-ring (bicyclic) bond motifs is 1. The maximum absolute atomic E-state index is 11.3. The SMILES string of the molecule is NC(=O)CN1CCC(c2ccccc2)Sc2ccccc21. The first-order valence-electron chi connectivity index (χ1n) is 7.08. The van der Waals surface area contributed by atoms with Crippen molar-refractivity contribution in [2.75, 3.05) is 18.0 Å². The summed E-state index contributed by atoms with van der Waals surface area (Å²) in [5, 5.41) is 0.408. The van der Waals surface area contributed by atoms with E-state index in [1.54, 1.807) is 0 Å². The van der Waals surface area contributed by atoms with Gasteiger partial charge in [-0.05, 0) is 24.1 Å². The minimum atomic E-state index is -0.284. The van der Waals surface area contributed by atoms with E-state index in [0.717, 1.165) is 18.7 Å². The number of nitrogens with zero attached hydrogens (tertiary/aromatic N) is 1. The third-order valence-corrected chi connectivity index (χ3v) is 5.05. The second kappa shape index (κ2) is 6.22. The zero-order chi connectivity index (χ0) is 14.7. The number of carbonyl (C=O) groups excluding carboxylic acids is 1. The monoisotopic (exact) mass is 298 g/mol. The van der Waals surface area contributed by atoms with Gasteiger partial charge < -0.3 is 10.6 Å². The summed E-state index contributed by atoms with van der Waals surface area (Å²) in [6, 6.07) is 18.8. The van der Waals surface area contributed by atoms with E-state index in [0.29, 0.717) is 5.25 Å². The summed E-state index contributed by atoms with van der Waals surface area (Å²) in [4.78, 5) is 14.6. The number of carbonyl (C=O) groups is 1. The van der Waals surface area contributed by atoms with Crippen LogP contribution in [0, 0.1) is 0 Å². The summed E-state index contributed by atoms with van der Waals surface area (Å²) >= 11 is 1.87. The smallest absolute Gasteiger partial charge is 0.236 e. The van der Waals surface area contributed by atoms with Gasteiger partial charge in [0.25, 0.3) is 0 Å². The second-order valence-corrected chi connectivity index (χ2v) is 6.41. The van der Waals surface area contributed by atoms with Gasteiger partial charge in [-0.2, -0.15) is 0 Å². The maximum Gasteiger partial charge on any atom is 0.236 e. The van der Waals surface area contributed by atoms with Gasteiger partial charge >= 0.3 is 0 Å². The molecule has 3 nitrogen and oxygen atoms in total. The molecule has 1 aliphatic rings. The molecule has 0 radical (unpaired) electrons. The Balaban J connectivity index is 1.92. The van der Waals surface area contributed by atoms with Crippen LogP contribution >= 0.6 is 11.8 Å². The molecule has 0 spiro atoms. The number of nitrogens with two attached hydrogens (primary N) is 1. The lowest BCUT2D eigenvalue weighted by Crippen LogP contribution is -2.34. The molecule has 2 N–H and O–H groups in total. The lowest BCUT2D eigenvalue weighted by Gasteiger charge is -2.22. The Labute approximate surface area is 129 Å². The van der Waals surface area contributed by atoms with E-state index in [2.05, 4.69) is 41.3 Å². The first-order chi connectivity index (χ1) is 10.2. The van der Waals surface area contributed by atoms with Gasteiger partial charge in [-0.25, -0.2) is 0 Å². The molecule has 1 atom stereocenters. The van der Waals surface area contributed by atoms with Crippen LogP contribution in [0.2, 0.25) is 0 Å². The van der Waals surface area contributed by atoms with Gasteiger partial charge in [0.1, 0.15) is 0 Å². The van der Waals surface area contributed by atoms with Gasteiger partial charge in [-0.15, -0.1) is 11.8 Å². The Kier molecular flexibility index (Phi) is 4.15. The number of primary amides is 1. The molecule has 0 saturated heterocycles. The molecular formula is C17H18N2OS.